The van der Waals surface area contributed by atoms with Crippen LogP contribution in [-0.2, 0) is 0 Å². The maximum absolute atomic E-state index is 12.9. The van der Waals surface area contributed by atoms with Crippen LogP contribution in [0.3, 0.4) is 0 Å². The van der Waals surface area contributed by atoms with Crippen molar-refractivity contribution < 1.29 is 4.79 Å². The van der Waals surface area contributed by atoms with Gasteiger partial charge in [0.25, 0.3) is 0 Å². The normalized spacial score (nSPS) is 23.8. The van der Waals surface area contributed by atoms with Crippen molar-refractivity contribution in [2.75, 3.05) is 20.1 Å². The second kappa shape index (κ2) is 5.46. The summed E-state index contributed by atoms with van der Waals surface area (Å²) in [6, 6.07) is 6.13. The first-order chi connectivity index (χ1) is 8.98. The van der Waals surface area contributed by atoms with E-state index in [0.717, 1.165) is 37.9 Å². The Labute approximate surface area is 116 Å². The second-order valence-electron chi connectivity index (χ2n) is 6.15. The molecule has 0 aliphatic carbocycles. The average Bonchev–Trinajstić information content (AvgIpc) is 2.75. The smallest absolute Gasteiger partial charge is 0.170 e. The molecule has 19 heavy (non-hydrogen) atoms. The summed E-state index contributed by atoms with van der Waals surface area (Å²) >= 11 is 0. The summed E-state index contributed by atoms with van der Waals surface area (Å²) in [5, 5.41) is 0. The molecule has 0 spiro atoms. The highest BCUT2D eigenvalue weighted by Crippen LogP contribution is 2.38. The molecule has 0 aromatic heterocycles. The molecule has 0 amide bonds. The summed E-state index contributed by atoms with van der Waals surface area (Å²) in [6.07, 6.45) is 3.08. The minimum Gasteiger partial charge on any atom is -0.305 e. The molecule has 2 heteroatoms. The van der Waals surface area contributed by atoms with E-state index in [9.17, 15) is 4.79 Å². The van der Waals surface area contributed by atoms with E-state index in [0.29, 0.717) is 5.78 Å². The molecule has 0 bridgehead atoms. The third-order valence-electron chi connectivity index (χ3n) is 4.52. The summed E-state index contributed by atoms with van der Waals surface area (Å²) in [4.78, 5) is 15.2. The van der Waals surface area contributed by atoms with Crippen molar-refractivity contribution in [3.8, 4) is 0 Å². The Morgan fingerprint density at radius 1 is 1.32 bits per heavy atom. The number of Topliss-reactive ketones (excluding diaryl/α,β-unsaturated/α-hetero) is 1. The van der Waals surface area contributed by atoms with Crippen molar-refractivity contribution in [3.05, 3.63) is 34.9 Å². The fraction of sp³-hybridized carbons (Fsp3) is 0.588. The number of hydrogen-bond donors (Lipinski definition) is 0. The quantitative estimate of drug-likeness (QED) is 0.770. The average molecular weight is 259 g/mol. The number of likely N-dealkylation sites (tertiary alicyclic amines) is 1. The molecule has 0 N–H and O–H groups in total. The molecule has 1 aliphatic rings. The zero-order valence-electron chi connectivity index (χ0n) is 12.6. The maximum Gasteiger partial charge on any atom is 0.170 e. The molecule has 1 heterocycles. The minimum absolute atomic E-state index is 0.148. The summed E-state index contributed by atoms with van der Waals surface area (Å²) < 4.78 is 0. The first-order valence-electron chi connectivity index (χ1n) is 7.29. The van der Waals surface area contributed by atoms with Gasteiger partial charge in [0.1, 0.15) is 0 Å². The number of hydrogen-bond acceptors (Lipinski definition) is 2. The molecule has 2 nitrogen and oxygen atoms in total. The number of benzene rings is 1. The molecule has 1 aromatic rings. The number of carbonyl (C=O) groups excluding carboxylic acids is 1. The SMILES string of the molecule is CCCC1(C(=O)c2ccc(C)c(C)c2)CCN(C)C1. The van der Waals surface area contributed by atoms with Crippen molar-refractivity contribution in [2.45, 2.75) is 40.0 Å². The van der Waals surface area contributed by atoms with Gasteiger partial charge in [0.2, 0.25) is 0 Å². The molecule has 1 saturated heterocycles. The predicted octanol–water partition coefficient (Wildman–Crippen LogP) is 3.61. The first-order valence-corrected chi connectivity index (χ1v) is 7.29. The van der Waals surface area contributed by atoms with Crippen molar-refractivity contribution in [3.63, 3.8) is 0 Å². The number of ketones is 1. The van der Waals surface area contributed by atoms with E-state index >= 15 is 0 Å². The van der Waals surface area contributed by atoms with Crippen LogP contribution < -0.4 is 0 Å². The van der Waals surface area contributed by atoms with Crippen LogP contribution in [0.2, 0.25) is 0 Å². The highest BCUT2D eigenvalue weighted by atomic mass is 16.1. The van der Waals surface area contributed by atoms with Gasteiger partial charge in [-0.3, -0.25) is 4.79 Å². The van der Waals surface area contributed by atoms with Gasteiger partial charge in [-0.2, -0.15) is 0 Å². The Hall–Kier alpha value is -1.15. The lowest BCUT2D eigenvalue weighted by Gasteiger charge is -2.27. The summed E-state index contributed by atoms with van der Waals surface area (Å²) in [7, 11) is 2.12. The molecular formula is C17H25NO. The number of nitrogens with zero attached hydrogens (tertiary/aromatic N) is 1. The van der Waals surface area contributed by atoms with Gasteiger partial charge in [-0.25, -0.2) is 0 Å². The van der Waals surface area contributed by atoms with Gasteiger partial charge in [-0.1, -0.05) is 25.5 Å². The number of rotatable bonds is 4. The van der Waals surface area contributed by atoms with E-state index in [1.807, 2.05) is 6.07 Å². The Balaban J connectivity index is 2.32. The van der Waals surface area contributed by atoms with Crippen molar-refractivity contribution in [2.24, 2.45) is 5.41 Å². The minimum atomic E-state index is -0.148. The van der Waals surface area contributed by atoms with Crippen LogP contribution in [0.4, 0.5) is 0 Å². The molecule has 2 rings (SSSR count). The third kappa shape index (κ3) is 2.74. The van der Waals surface area contributed by atoms with E-state index in [2.05, 4.69) is 44.9 Å². The summed E-state index contributed by atoms with van der Waals surface area (Å²) in [5.74, 6) is 0.349. The van der Waals surface area contributed by atoms with Gasteiger partial charge >= 0.3 is 0 Å². The predicted molar refractivity (Wildman–Crippen MR) is 79.7 cm³/mol. The van der Waals surface area contributed by atoms with Gasteiger partial charge in [0, 0.05) is 17.5 Å². The van der Waals surface area contributed by atoms with Crippen LogP contribution in [-0.4, -0.2) is 30.8 Å². The van der Waals surface area contributed by atoms with Crippen molar-refractivity contribution >= 4 is 5.78 Å². The van der Waals surface area contributed by atoms with Crippen LogP contribution in [0, 0.1) is 19.3 Å². The lowest BCUT2D eigenvalue weighted by Crippen LogP contribution is -2.34. The van der Waals surface area contributed by atoms with E-state index in [1.54, 1.807) is 0 Å². The van der Waals surface area contributed by atoms with E-state index < -0.39 is 0 Å². The molecule has 1 aliphatic heterocycles. The lowest BCUT2D eigenvalue weighted by molar-refractivity contribution is 0.0787. The largest absolute Gasteiger partial charge is 0.305 e. The fourth-order valence-electron chi connectivity index (χ4n) is 3.25. The molecular weight excluding hydrogens is 234 g/mol. The monoisotopic (exact) mass is 259 g/mol. The molecule has 1 unspecified atom stereocenters. The highest BCUT2D eigenvalue weighted by molar-refractivity contribution is 6.01. The Morgan fingerprint density at radius 2 is 2.05 bits per heavy atom. The third-order valence-corrected chi connectivity index (χ3v) is 4.52. The maximum atomic E-state index is 12.9. The zero-order valence-corrected chi connectivity index (χ0v) is 12.6. The van der Waals surface area contributed by atoms with Gasteiger partial charge in [-0.05, 0) is 57.5 Å². The highest BCUT2D eigenvalue weighted by Gasteiger charge is 2.42. The van der Waals surface area contributed by atoms with Crippen LogP contribution in [0.25, 0.3) is 0 Å². The van der Waals surface area contributed by atoms with Gasteiger partial charge in [0.15, 0.2) is 5.78 Å². The molecule has 0 radical (unpaired) electrons. The Bertz CT molecular complexity index is 476. The van der Waals surface area contributed by atoms with Crippen LogP contribution in [0.5, 0.6) is 0 Å². The van der Waals surface area contributed by atoms with E-state index in [4.69, 9.17) is 0 Å². The Kier molecular flexibility index (Phi) is 4.10. The molecule has 1 fully saturated rings. The molecule has 1 aromatic carbocycles. The van der Waals surface area contributed by atoms with Gasteiger partial charge in [-0.15, -0.1) is 0 Å². The van der Waals surface area contributed by atoms with Gasteiger partial charge in [0.05, 0.1) is 0 Å². The first kappa shape index (κ1) is 14.3. The van der Waals surface area contributed by atoms with Crippen molar-refractivity contribution in [1.82, 2.24) is 4.90 Å². The molecule has 0 saturated carbocycles. The zero-order chi connectivity index (χ0) is 14.0. The molecule has 1 atom stereocenters. The molecule has 104 valence electrons. The Morgan fingerprint density at radius 3 is 2.58 bits per heavy atom. The van der Waals surface area contributed by atoms with Crippen LogP contribution >= 0.6 is 0 Å². The van der Waals surface area contributed by atoms with Crippen LogP contribution in [0.1, 0.15) is 47.7 Å². The van der Waals surface area contributed by atoms with Crippen molar-refractivity contribution in [1.29, 1.82) is 0 Å². The number of carbonyl (C=O) groups is 1. The topological polar surface area (TPSA) is 20.3 Å². The van der Waals surface area contributed by atoms with E-state index in [-0.39, 0.29) is 5.41 Å². The number of aryl methyl sites for hydroxylation is 2. The lowest BCUT2D eigenvalue weighted by atomic mass is 9.75. The summed E-state index contributed by atoms with van der Waals surface area (Å²) in [5.41, 5.74) is 3.21. The summed E-state index contributed by atoms with van der Waals surface area (Å²) in [6.45, 7) is 8.30. The second-order valence-corrected chi connectivity index (χ2v) is 6.15. The van der Waals surface area contributed by atoms with Crippen LogP contribution in [0.15, 0.2) is 18.2 Å². The fourth-order valence-corrected chi connectivity index (χ4v) is 3.25. The van der Waals surface area contributed by atoms with E-state index in [1.165, 1.54) is 11.1 Å². The standard InChI is InChI=1S/C17H25NO/c1-5-8-17(9-10-18(4)12-17)16(19)15-7-6-13(2)14(3)11-15/h6-7,11H,5,8-10,12H2,1-4H3. The van der Waals surface area contributed by atoms with Gasteiger partial charge < -0.3 is 4.90 Å².